The van der Waals surface area contributed by atoms with Crippen molar-refractivity contribution in [1.29, 1.82) is 0 Å². The van der Waals surface area contributed by atoms with Gasteiger partial charge in [-0.3, -0.25) is 0 Å². The van der Waals surface area contributed by atoms with E-state index in [0.717, 1.165) is 17.1 Å². The van der Waals surface area contributed by atoms with Crippen LogP contribution in [0.3, 0.4) is 0 Å². The Bertz CT molecular complexity index is 3200. The van der Waals surface area contributed by atoms with Crippen LogP contribution in [-0.2, 0) is 0 Å². The van der Waals surface area contributed by atoms with Crippen molar-refractivity contribution in [2.75, 3.05) is 4.90 Å². The number of fused-ring (bicyclic) bond motifs is 7. The second kappa shape index (κ2) is 12.9. The number of nitrogens with zero attached hydrogens (tertiary/aromatic N) is 2. The van der Waals surface area contributed by atoms with Crippen molar-refractivity contribution in [3.63, 3.8) is 0 Å². The lowest BCUT2D eigenvalue weighted by Gasteiger charge is -2.27. The fraction of sp³-hybridized carbons (Fsp3) is 0. The lowest BCUT2D eigenvalue weighted by atomic mass is 9.94. The molecule has 0 radical (unpaired) electrons. The summed E-state index contributed by atoms with van der Waals surface area (Å²) in [5, 5.41) is 7.51. The van der Waals surface area contributed by atoms with Gasteiger partial charge >= 0.3 is 0 Å². The molecule has 2 heterocycles. The summed E-state index contributed by atoms with van der Waals surface area (Å²) in [7, 11) is 0. The molecule has 11 aromatic rings. The lowest BCUT2D eigenvalue weighted by Crippen LogP contribution is -2.10. The Morgan fingerprint density at radius 1 is 0.382 bits per heavy atom. The third-order valence-electron chi connectivity index (χ3n) is 11.0. The zero-order valence-corrected chi connectivity index (χ0v) is 30.7. The smallest absolute Gasteiger partial charge is 0.0554 e. The molecule has 2 aromatic heterocycles. The van der Waals surface area contributed by atoms with Gasteiger partial charge in [0.1, 0.15) is 0 Å². The molecule has 2 nitrogen and oxygen atoms in total. The molecular weight excluding hydrogens is 685 g/mol. The molecule has 3 heteroatoms. The Hall–Kier alpha value is -6.94. The maximum Gasteiger partial charge on any atom is 0.0554 e. The first-order chi connectivity index (χ1) is 27.3. The highest BCUT2D eigenvalue weighted by Gasteiger charge is 2.22. The van der Waals surface area contributed by atoms with E-state index in [4.69, 9.17) is 0 Å². The Labute approximate surface area is 323 Å². The summed E-state index contributed by atoms with van der Waals surface area (Å²) in [5.41, 5.74) is 11.8. The van der Waals surface area contributed by atoms with Crippen molar-refractivity contribution < 1.29 is 0 Å². The predicted octanol–water partition coefficient (Wildman–Crippen LogP) is 15.1. The van der Waals surface area contributed by atoms with Gasteiger partial charge in [0, 0.05) is 48.0 Å². The number of hydrogen-bond acceptors (Lipinski definition) is 2. The minimum Gasteiger partial charge on any atom is -0.310 e. The molecule has 0 saturated heterocycles. The third-order valence-corrected chi connectivity index (χ3v) is 12.1. The largest absolute Gasteiger partial charge is 0.310 e. The van der Waals surface area contributed by atoms with E-state index in [1.54, 1.807) is 0 Å². The van der Waals surface area contributed by atoms with Crippen LogP contribution in [0.4, 0.5) is 17.1 Å². The molecular formula is C52H34N2S. The number of hydrogen-bond donors (Lipinski definition) is 0. The molecule has 55 heavy (non-hydrogen) atoms. The molecule has 0 unspecified atom stereocenters. The zero-order chi connectivity index (χ0) is 36.3. The Balaban J connectivity index is 1.23. The SMILES string of the molecule is c1ccc(-c2cccc(N(c3ccc4c(c3)c3c(-c5cccc6ccccc56)cccc3n4-c3ccccc3)c3cccc4sc5ccccc5c34)c2)cc1. The predicted molar refractivity (Wildman–Crippen MR) is 237 cm³/mol. The highest BCUT2D eigenvalue weighted by atomic mass is 32.1. The van der Waals surface area contributed by atoms with Crippen LogP contribution in [0.2, 0.25) is 0 Å². The fourth-order valence-corrected chi connectivity index (χ4v) is 9.69. The van der Waals surface area contributed by atoms with Gasteiger partial charge < -0.3 is 9.47 Å². The van der Waals surface area contributed by atoms with E-state index >= 15 is 0 Å². The van der Waals surface area contributed by atoms with Gasteiger partial charge in [-0.15, -0.1) is 11.3 Å². The van der Waals surface area contributed by atoms with Crippen LogP contribution < -0.4 is 4.90 Å². The van der Waals surface area contributed by atoms with Crippen LogP contribution in [0.25, 0.3) is 80.7 Å². The summed E-state index contributed by atoms with van der Waals surface area (Å²) in [4.78, 5) is 2.47. The zero-order valence-electron chi connectivity index (χ0n) is 29.9. The summed E-state index contributed by atoms with van der Waals surface area (Å²) in [5.74, 6) is 0. The maximum atomic E-state index is 2.47. The van der Waals surface area contributed by atoms with Crippen molar-refractivity contribution in [2.45, 2.75) is 0 Å². The van der Waals surface area contributed by atoms with Gasteiger partial charge in [0.2, 0.25) is 0 Å². The highest BCUT2D eigenvalue weighted by Crippen LogP contribution is 2.47. The third kappa shape index (κ3) is 5.16. The molecule has 0 N–H and O–H groups in total. The average Bonchev–Trinajstić information content (AvgIpc) is 3.81. The van der Waals surface area contributed by atoms with Gasteiger partial charge in [-0.25, -0.2) is 0 Å². The van der Waals surface area contributed by atoms with Crippen molar-refractivity contribution in [1.82, 2.24) is 4.57 Å². The van der Waals surface area contributed by atoms with E-state index < -0.39 is 0 Å². The minimum atomic E-state index is 1.11. The molecule has 11 rings (SSSR count). The van der Waals surface area contributed by atoms with E-state index in [0.29, 0.717) is 0 Å². The Morgan fingerprint density at radius 3 is 1.93 bits per heavy atom. The van der Waals surface area contributed by atoms with Crippen molar-refractivity contribution in [2.24, 2.45) is 0 Å². The van der Waals surface area contributed by atoms with Crippen LogP contribution in [0.5, 0.6) is 0 Å². The second-order valence-corrected chi connectivity index (χ2v) is 15.2. The standard InChI is InChI=1S/C52H34N2S/c1-3-15-35(16-4-1)37-19-11-22-39(33-37)53(48-28-14-30-50-52(48)44-24-9-10-29-49(44)55-50)40-31-32-46-45(34-40)51-43(42-25-12-18-36-17-7-8-23-41(36)42)26-13-27-47(51)54(46)38-20-5-2-6-21-38/h1-34H. The summed E-state index contributed by atoms with van der Waals surface area (Å²) < 4.78 is 5.00. The quantitative estimate of drug-likeness (QED) is 0.166. The molecule has 0 fully saturated rings. The maximum absolute atomic E-state index is 2.47. The summed E-state index contributed by atoms with van der Waals surface area (Å²) in [6.07, 6.45) is 0. The van der Waals surface area contributed by atoms with Crippen LogP contribution in [0, 0.1) is 0 Å². The highest BCUT2D eigenvalue weighted by molar-refractivity contribution is 7.26. The van der Waals surface area contributed by atoms with E-state index in [9.17, 15) is 0 Å². The van der Waals surface area contributed by atoms with Crippen molar-refractivity contribution >= 4 is 81.1 Å². The summed E-state index contributed by atoms with van der Waals surface area (Å²) in [6.45, 7) is 0. The second-order valence-electron chi connectivity index (χ2n) is 14.1. The van der Waals surface area contributed by atoms with Gasteiger partial charge in [-0.2, -0.15) is 0 Å². The van der Waals surface area contributed by atoms with Gasteiger partial charge in [-0.05, 0) is 99.8 Å². The molecule has 0 atom stereocenters. The molecule has 0 spiro atoms. The monoisotopic (exact) mass is 718 g/mol. The van der Waals surface area contributed by atoms with Crippen LogP contribution in [0.15, 0.2) is 206 Å². The molecule has 0 saturated carbocycles. The first-order valence-electron chi connectivity index (χ1n) is 18.8. The van der Waals surface area contributed by atoms with Crippen molar-refractivity contribution in [3.05, 3.63) is 206 Å². The number of rotatable bonds is 6. The fourth-order valence-electron chi connectivity index (χ4n) is 8.56. The van der Waals surface area contributed by atoms with Gasteiger partial charge in [0.05, 0.1) is 16.7 Å². The Kier molecular flexibility index (Phi) is 7.39. The van der Waals surface area contributed by atoms with Gasteiger partial charge in [0.25, 0.3) is 0 Å². The first-order valence-corrected chi connectivity index (χ1v) is 19.6. The lowest BCUT2D eigenvalue weighted by molar-refractivity contribution is 1.18. The van der Waals surface area contributed by atoms with E-state index in [1.165, 1.54) is 80.7 Å². The first kappa shape index (κ1) is 31.6. The van der Waals surface area contributed by atoms with Gasteiger partial charge in [0.15, 0.2) is 0 Å². The number of para-hydroxylation sites is 1. The topological polar surface area (TPSA) is 8.17 Å². The molecule has 0 amide bonds. The van der Waals surface area contributed by atoms with E-state index in [-0.39, 0.29) is 0 Å². The molecule has 9 aromatic carbocycles. The minimum absolute atomic E-state index is 1.11. The summed E-state index contributed by atoms with van der Waals surface area (Å²) >= 11 is 1.86. The normalized spacial score (nSPS) is 11.6. The number of anilines is 3. The molecule has 0 aliphatic carbocycles. The number of aromatic nitrogens is 1. The van der Waals surface area contributed by atoms with Crippen molar-refractivity contribution in [3.8, 4) is 27.9 Å². The molecule has 258 valence electrons. The van der Waals surface area contributed by atoms with E-state index in [2.05, 4.69) is 216 Å². The molecule has 0 aliphatic rings. The van der Waals surface area contributed by atoms with Crippen LogP contribution >= 0.6 is 11.3 Å². The molecule has 0 aliphatic heterocycles. The Morgan fingerprint density at radius 2 is 1.04 bits per heavy atom. The van der Waals surface area contributed by atoms with Crippen LogP contribution in [-0.4, -0.2) is 4.57 Å². The average molecular weight is 719 g/mol. The molecule has 0 bridgehead atoms. The number of thiophene rings is 1. The van der Waals surface area contributed by atoms with E-state index in [1.807, 2.05) is 11.3 Å². The van der Waals surface area contributed by atoms with Gasteiger partial charge in [-0.1, -0.05) is 140 Å². The van der Waals surface area contributed by atoms with Crippen LogP contribution in [0.1, 0.15) is 0 Å². The number of benzene rings is 9. The summed E-state index contributed by atoms with van der Waals surface area (Å²) in [6, 6.07) is 75.2.